The van der Waals surface area contributed by atoms with Crippen LogP contribution in [-0.4, -0.2) is 40.0 Å². The molecule has 5 rings (SSSR count). The van der Waals surface area contributed by atoms with Crippen LogP contribution in [0.15, 0.2) is 60.7 Å². The van der Waals surface area contributed by atoms with E-state index in [1.807, 2.05) is 0 Å². The third kappa shape index (κ3) is 4.14. The van der Waals surface area contributed by atoms with Crippen LogP contribution in [-0.2, 0) is 17.8 Å². The number of amides is 1. The average molecular weight is 416 g/mol. The number of hydrogen-bond acceptors (Lipinski definition) is 2. The lowest BCUT2D eigenvalue weighted by atomic mass is 9.98. The smallest absolute Gasteiger partial charge is 0.243 e. The lowest BCUT2D eigenvalue weighted by Gasteiger charge is -2.33. The van der Waals surface area contributed by atoms with Gasteiger partial charge in [-0.3, -0.25) is 4.79 Å². The van der Waals surface area contributed by atoms with Crippen LogP contribution in [0.4, 0.5) is 0 Å². The maximum atomic E-state index is 13.8. The summed E-state index contributed by atoms with van der Waals surface area (Å²) in [6, 6.07) is 22.2. The Kier molecular flexibility index (Phi) is 5.82. The molecule has 3 aromatic rings. The second-order valence-corrected chi connectivity index (χ2v) is 9.29. The van der Waals surface area contributed by atoms with Crippen LogP contribution < -0.4 is 5.32 Å². The van der Waals surface area contributed by atoms with E-state index in [9.17, 15) is 4.79 Å². The Morgan fingerprint density at radius 1 is 1.03 bits per heavy atom. The zero-order valence-electron chi connectivity index (χ0n) is 18.5. The maximum absolute atomic E-state index is 13.8. The third-order valence-electron chi connectivity index (χ3n) is 7.24. The average Bonchev–Trinajstić information content (AvgIpc) is 3.25. The van der Waals surface area contributed by atoms with Crippen molar-refractivity contribution in [2.45, 2.75) is 70.1 Å². The van der Waals surface area contributed by atoms with Crippen LogP contribution in [0, 0.1) is 6.92 Å². The summed E-state index contributed by atoms with van der Waals surface area (Å²) in [5.41, 5.74) is 3.63. The highest BCUT2D eigenvalue weighted by Crippen LogP contribution is 2.32. The Morgan fingerprint density at radius 2 is 1.84 bits per heavy atom. The number of para-hydroxylation sites is 1. The van der Waals surface area contributed by atoms with Gasteiger partial charge in [-0.15, -0.1) is 0 Å². The summed E-state index contributed by atoms with van der Waals surface area (Å²) in [6.07, 6.45) is 6.82. The fraction of sp³-hybridized carbons (Fsp3) is 0.444. The van der Waals surface area contributed by atoms with E-state index < -0.39 is 0 Å². The molecule has 2 saturated heterocycles. The highest BCUT2D eigenvalue weighted by atomic mass is 16.2. The first kappa shape index (κ1) is 20.3. The van der Waals surface area contributed by atoms with Gasteiger partial charge in [0.15, 0.2) is 0 Å². The van der Waals surface area contributed by atoms with E-state index in [1.165, 1.54) is 30.2 Å². The minimum Gasteiger partial charge on any atom is -0.335 e. The number of hydrogen-bond donors (Lipinski definition) is 1. The van der Waals surface area contributed by atoms with E-state index in [0.717, 1.165) is 37.0 Å². The van der Waals surface area contributed by atoms with E-state index >= 15 is 0 Å². The number of nitrogens with one attached hydrogen (secondary N) is 1. The number of likely N-dealkylation sites (tertiary alicyclic amines) is 1. The SMILES string of the molecule is Cc1cc2ccccc2n1CC(=O)N1[C@@H](Cc2ccccc2)C[C@H]2NCCCCC[C@@H]21. The van der Waals surface area contributed by atoms with Gasteiger partial charge < -0.3 is 14.8 Å². The molecule has 2 aliphatic heterocycles. The predicted molar refractivity (Wildman–Crippen MR) is 126 cm³/mol. The van der Waals surface area contributed by atoms with E-state index in [-0.39, 0.29) is 11.9 Å². The fourth-order valence-corrected chi connectivity index (χ4v) is 5.76. The van der Waals surface area contributed by atoms with Crippen LogP contribution in [0.25, 0.3) is 10.9 Å². The molecular formula is C27H33N3O. The predicted octanol–water partition coefficient (Wildman–Crippen LogP) is 4.69. The molecule has 162 valence electrons. The van der Waals surface area contributed by atoms with Crippen molar-refractivity contribution in [2.75, 3.05) is 6.54 Å². The monoisotopic (exact) mass is 415 g/mol. The molecule has 3 atom stereocenters. The normalized spacial score (nSPS) is 24.0. The van der Waals surface area contributed by atoms with Crippen molar-refractivity contribution in [1.29, 1.82) is 0 Å². The zero-order valence-corrected chi connectivity index (χ0v) is 18.5. The number of fused-ring (bicyclic) bond motifs is 2. The molecule has 2 aliphatic rings. The standard InChI is InChI=1S/C27H33N3O/c1-20-16-22-12-7-8-13-25(22)29(20)19-27(31)30-23(17-21-10-4-2-5-11-21)18-24-26(30)14-6-3-9-15-28-24/h2,4-5,7-8,10-13,16,23-24,26,28H,3,6,9,14-15,17-19H2,1H3/t23-,24+,26-/m0/s1. The first-order chi connectivity index (χ1) is 15.2. The van der Waals surface area contributed by atoms with Gasteiger partial charge in [0.25, 0.3) is 0 Å². The van der Waals surface area contributed by atoms with Gasteiger partial charge >= 0.3 is 0 Å². The second-order valence-electron chi connectivity index (χ2n) is 9.29. The Bertz CT molecular complexity index is 1040. The summed E-state index contributed by atoms with van der Waals surface area (Å²) in [7, 11) is 0. The summed E-state index contributed by atoms with van der Waals surface area (Å²) in [6.45, 7) is 3.61. The molecule has 0 aliphatic carbocycles. The largest absolute Gasteiger partial charge is 0.335 e. The van der Waals surface area contributed by atoms with Crippen molar-refractivity contribution < 1.29 is 4.79 Å². The third-order valence-corrected chi connectivity index (χ3v) is 7.24. The fourth-order valence-electron chi connectivity index (χ4n) is 5.76. The van der Waals surface area contributed by atoms with Gasteiger partial charge in [0.1, 0.15) is 6.54 Å². The van der Waals surface area contributed by atoms with Gasteiger partial charge in [-0.05, 0) is 62.2 Å². The molecule has 2 fully saturated rings. The lowest BCUT2D eigenvalue weighted by Crippen LogP contribution is -2.48. The van der Waals surface area contributed by atoms with Crippen LogP contribution in [0.1, 0.15) is 43.4 Å². The van der Waals surface area contributed by atoms with Crippen LogP contribution in [0.2, 0.25) is 0 Å². The number of benzene rings is 2. The number of nitrogens with zero attached hydrogens (tertiary/aromatic N) is 2. The molecular weight excluding hydrogens is 382 g/mol. The highest BCUT2D eigenvalue weighted by Gasteiger charge is 2.43. The summed E-state index contributed by atoms with van der Waals surface area (Å²) < 4.78 is 2.20. The first-order valence-corrected chi connectivity index (χ1v) is 11.8. The number of carbonyl (C=O) groups is 1. The molecule has 3 heterocycles. The second kappa shape index (κ2) is 8.88. The van der Waals surface area contributed by atoms with Gasteiger partial charge in [0.2, 0.25) is 5.91 Å². The molecule has 0 bridgehead atoms. The molecule has 0 saturated carbocycles. The molecule has 1 aromatic heterocycles. The van der Waals surface area contributed by atoms with Gasteiger partial charge in [-0.1, -0.05) is 61.4 Å². The van der Waals surface area contributed by atoms with E-state index in [2.05, 4.69) is 82.4 Å². The van der Waals surface area contributed by atoms with Gasteiger partial charge in [0, 0.05) is 29.3 Å². The van der Waals surface area contributed by atoms with Crippen molar-refractivity contribution in [2.24, 2.45) is 0 Å². The quantitative estimate of drug-likeness (QED) is 0.671. The van der Waals surface area contributed by atoms with Gasteiger partial charge in [0.05, 0.1) is 0 Å². The van der Waals surface area contributed by atoms with Crippen molar-refractivity contribution in [3.8, 4) is 0 Å². The van der Waals surface area contributed by atoms with E-state index in [1.54, 1.807) is 0 Å². The Morgan fingerprint density at radius 3 is 2.71 bits per heavy atom. The number of aromatic nitrogens is 1. The van der Waals surface area contributed by atoms with Crippen molar-refractivity contribution in [3.63, 3.8) is 0 Å². The van der Waals surface area contributed by atoms with E-state index in [0.29, 0.717) is 18.6 Å². The van der Waals surface area contributed by atoms with Crippen molar-refractivity contribution >= 4 is 16.8 Å². The molecule has 0 spiro atoms. The summed E-state index contributed by atoms with van der Waals surface area (Å²) in [5.74, 6) is 0.264. The van der Waals surface area contributed by atoms with Crippen LogP contribution in [0.5, 0.6) is 0 Å². The number of aryl methyl sites for hydroxylation is 1. The lowest BCUT2D eigenvalue weighted by molar-refractivity contribution is -0.135. The van der Waals surface area contributed by atoms with Gasteiger partial charge in [-0.2, -0.15) is 0 Å². The minimum absolute atomic E-state index is 0.262. The van der Waals surface area contributed by atoms with Crippen LogP contribution in [0.3, 0.4) is 0 Å². The Labute approximate surface area is 185 Å². The topological polar surface area (TPSA) is 37.3 Å². The number of carbonyl (C=O) groups excluding carboxylic acids is 1. The molecule has 31 heavy (non-hydrogen) atoms. The first-order valence-electron chi connectivity index (χ1n) is 11.8. The minimum atomic E-state index is 0.262. The Hall–Kier alpha value is -2.59. The van der Waals surface area contributed by atoms with Crippen molar-refractivity contribution in [3.05, 3.63) is 71.9 Å². The molecule has 2 aromatic carbocycles. The molecule has 4 heteroatoms. The number of rotatable bonds is 4. The maximum Gasteiger partial charge on any atom is 0.243 e. The zero-order chi connectivity index (χ0) is 21.2. The van der Waals surface area contributed by atoms with E-state index in [4.69, 9.17) is 0 Å². The summed E-state index contributed by atoms with van der Waals surface area (Å²) in [4.78, 5) is 16.1. The highest BCUT2D eigenvalue weighted by molar-refractivity contribution is 5.84. The van der Waals surface area contributed by atoms with Gasteiger partial charge in [-0.25, -0.2) is 0 Å². The van der Waals surface area contributed by atoms with Crippen LogP contribution >= 0.6 is 0 Å². The molecule has 0 radical (unpaired) electrons. The molecule has 1 N–H and O–H groups in total. The summed E-state index contributed by atoms with van der Waals surface area (Å²) >= 11 is 0. The molecule has 1 amide bonds. The summed E-state index contributed by atoms with van der Waals surface area (Å²) in [5, 5.41) is 4.99. The molecule has 0 unspecified atom stereocenters. The van der Waals surface area contributed by atoms with Crippen molar-refractivity contribution in [1.82, 2.24) is 14.8 Å². The molecule has 4 nitrogen and oxygen atoms in total. The Balaban J connectivity index is 1.44.